The zero-order chi connectivity index (χ0) is 13.8. The van der Waals surface area contributed by atoms with Crippen LogP contribution in [0.25, 0.3) is 0 Å². The predicted molar refractivity (Wildman–Crippen MR) is 76.4 cm³/mol. The highest BCUT2D eigenvalue weighted by Crippen LogP contribution is 2.21. The van der Waals surface area contributed by atoms with E-state index in [2.05, 4.69) is 5.32 Å². The Morgan fingerprint density at radius 3 is 2.68 bits per heavy atom. The zero-order valence-electron chi connectivity index (χ0n) is 12.0. The molecule has 1 fully saturated rings. The monoisotopic (exact) mass is 261 g/mol. The van der Waals surface area contributed by atoms with Crippen molar-refractivity contribution in [2.75, 3.05) is 0 Å². The van der Waals surface area contributed by atoms with Gasteiger partial charge in [0.1, 0.15) is 5.75 Å². The summed E-state index contributed by atoms with van der Waals surface area (Å²) >= 11 is 0. The summed E-state index contributed by atoms with van der Waals surface area (Å²) in [6.45, 7) is 5.83. The number of ether oxygens (including phenoxy) is 1. The summed E-state index contributed by atoms with van der Waals surface area (Å²) < 4.78 is 5.79. The number of aryl methyl sites for hydroxylation is 2. The van der Waals surface area contributed by atoms with Gasteiger partial charge in [0.25, 0.3) is 5.91 Å². The van der Waals surface area contributed by atoms with Crippen LogP contribution in [-0.4, -0.2) is 18.1 Å². The molecule has 1 aliphatic rings. The first-order valence-corrected chi connectivity index (χ1v) is 7.10. The highest BCUT2D eigenvalue weighted by Gasteiger charge is 2.21. The van der Waals surface area contributed by atoms with Gasteiger partial charge in [-0.05, 0) is 50.8 Å². The zero-order valence-corrected chi connectivity index (χ0v) is 12.0. The molecule has 1 aromatic carbocycles. The van der Waals surface area contributed by atoms with Crippen LogP contribution in [0.1, 0.15) is 43.7 Å². The number of amides is 1. The van der Waals surface area contributed by atoms with E-state index in [1.165, 1.54) is 12.8 Å². The summed E-state index contributed by atoms with van der Waals surface area (Å²) in [5, 5.41) is 3.07. The Bertz CT molecular complexity index is 450. The van der Waals surface area contributed by atoms with Crippen LogP contribution in [-0.2, 0) is 4.79 Å². The van der Waals surface area contributed by atoms with Crippen molar-refractivity contribution in [1.29, 1.82) is 0 Å². The fourth-order valence-electron chi connectivity index (χ4n) is 2.47. The third-order valence-electron chi connectivity index (χ3n) is 3.72. The molecule has 0 aliphatic heterocycles. The molecular weight excluding hydrogens is 238 g/mol. The van der Waals surface area contributed by atoms with Gasteiger partial charge in [-0.15, -0.1) is 0 Å². The van der Waals surface area contributed by atoms with Gasteiger partial charge in [0.2, 0.25) is 0 Å². The Balaban J connectivity index is 1.93. The minimum Gasteiger partial charge on any atom is -0.481 e. The fourth-order valence-corrected chi connectivity index (χ4v) is 2.47. The molecule has 0 radical (unpaired) electrons. The Morgan fingerprint density at radius 1 is 1.32 bits per heavy atom. The van der Waals surface area contributed by atoms with Crippen molar-refractivity contribution >= 4 is 5.91 Å². The van der Waals surface area contributed by atoms with Gasteiger partial charge >= 0.3 is 0 Å². The maximum Gasteiger partial charge on any atom is 0.260 e. The molecule has 19 heavy (non-hydrogen) atoms. The molecule has 0 spiro atoms. The molecule has 2 rings (SSSR count). The van der Waals surface area contributed by atoms with Gasteiger partial charge in [-0.1, -0.05) is 25.0 Å². The van der Waals surface area contributed by atoms with Crippen LogP contribution in [0.4, 0.5) is 0 Å². The first kappa shape index (κ1) is 13.9. The largest absolute Gasteiger partial charge is 0.481 e. The Kier molecular flexibility index (Phi) is 4.46. The molecular formula is C16H23NO2. The summed E-state index contributed by atoms with van der Waals surface area (Å²) in [6.07, 6.45) is 4.19. The molecule has 0 aromatic heterocycles. The lowest BCUT2D eigenvalue weighted by molar-refractivity contribution is -0.127. The summed E-state index contributed by atoms with van der Waals surface area (Å²) in [5.74, 6) is 0.793. The lowest BCUT2D eigenvalue weighted by Gasteiger charge is -2.19. The predicted octanol–water partition coefficient (Wildman–Crippen LogP) is 3.13. The van der Waals surface area contributed by atoms with E-state index in [0.717, 1.165) is 29.7 Å². The van der Waals surface area contributed by atoms with E-state index in [1.807, 2.05) is 39.0 Å². The van der Waals surface area contributed by atoms with E-state index in [1.54, 1.807) is 0 Å². The van der Waals surface area contributed by atoms with E-state index < -0.39 is 6.10 Å². The number of carbonyl (C=O) groups is 1. The summed E-state index contributed by atoms with van der Waals surface area (Å²) in [4.78, 5) is 12.1. The fraction of sp³-hybridized carbons (Fsp3) is 0.562. The highest BCUT2D eigenvalue weighted by molar-refractivity contribution is 5.81. The van der Waals surface area contributed by atoms with Crippen molar-refractivity contribution in [3.63, 3.8) is 0 Å². The third-order valence-corrected chi connectivity index (χ3v) is 3.72. The number of carbonyl (C=O) groups excluding carboxylic acids is 1. The molecule has 1 amide bonds. The number of benzene rings is 1. The quantitative estimate of drug-likeness (QED) is 0.904. The smallest absolute Gasteiger partial charge is 0.260 e. The second-order valence-corrected chi connectivity index (χ2v) is 5.52. The molecule has 104 valence electrons. The SMILES string of the molecule is Cc1ccc(C)c(OC(C)C(=O)NC2CCCC2)c1. The number of nitrogens with one attached hydrogen (secondary N) is 1. The van der Waals surface area contributed by atoms with Gasteiger partial charge in [0.15, 0.2) is 6.10 Å². The molecule has 1 aliphatic carbocycles. The Labute approximate surface area is 115 Å². The van der Waals surface area contributed by atoms with Crippen molar-refractivity contribution in [2.45, 2.75) is 58.6 Å². The van der Waals surface area contributed by atoms with Gasteiger partial charge in [-0.2, -0.15) is 0 Å². The molecule has 1 atom stereocenters. The first-order chi connectivity index (χ1) is 9.06. The standard InChI is InChI=1S/C16H23NO2/c1-11-8-9-12(2)15(10-11)19-13(3)16(18)17-14-6-4-5-7-14/h8-10,13-14H,4-7H2,1-3H3,(H,17,18). The minimum atomic E-state index is -0.443. The van der Waals surface area contributed by atoms with Crippen LogP contribution >= 0.6 is 0 Å². The lowest BCUT2D eigenvalue weighted by Crippen LogP contribution is -2.41. The van der Waals surface area contributed by atoms with Crippen molar-refractivity contribution in [1.82, 2.24) is 5.32 Å². The maximum atomic E-state index is 12.1. The average molecular weight is 261 g/mol. The van der Waals surface area contributed by atoms with Crippen molar-refractivity contribution < 1.29 is 9.53 Å². The molecule has 3 nitrogen and oxygen atoms in total. The van der Waals surface area contributed by atoms with E-state index in [-0.39, 0.29) is 5.91 Å². The summed E-state index contributed by atoms with van der Waals surface area (Å²) in [7, 11) is 0. The van der Waals surface area contributed by atoms with Crippen LogP contribution in [0, 0.1) is 13.8 Å². The first-order valence-electron chi connectivity index (χ1n) is 7.10. The van der Waals surface area contributed by atoms with Crippen LogP contribution < -0.4 is 10.1 Å². The van der Waals surface area contributed by atoms with Gasteiger partial charge < -0.3 is 10.1 Å². The normalized spacial score (nSPS) is 17.2. The molecule has 1 aromatic rings. The summed E-state index contributed by atoms with van der Waals surface area (Å²) in [6, 6.07) is 6.39. The van der Waals surface area contributed by atoms with Gasteiger partial charge in [-0.3, -0.25) is 4.79 Å². The highest BCUT2D eigenvalue weighted by atomic mass is 16.5. The third kappa shape index (κ3) is 3.72. The second kappa shape index (κ2) is 6.09. The molecule has 0 bridgehead atoms. The molecule has 1 unspecified atom stereocenters. The van der Waals surface area contributed by atoms with Crippen molar-refractivity contribution in [3.8, 4) is 5.75 Å². The van der Waals surface area contributed by atoms with Crippen molar-refractivity contribution in [2.24, 2.45) is 0 Å². The molecule has 1 saturated carbocycles. The van der Waals surface area contributed by atoms with Gasteiger partial charge in [0.05, 0.1) is 0 Å². The maximum absolute atomic E-state index is 12.1. The summed E-state index contributed by atoms with van der Waals surface area (Å²) in [5.41, 5.74) is 2.20. The average Bonchev–Trinajstić information content (AvgIpc) is 2.86. The molecule has 1 N–H and O–H groups in total. The van der Waals surface area contributed by atoms with Crippen LogP contribution in [0.15, 0.2) is 18.2 Å². The van der Waals surface area contributed by atoms with Gasteiger partial charge in [0, 0.05) is 6.04 Å². The van der Waals surface area contributed by atoms with Gasteiger partial charge in [-0.25, -0.2) is 0 Å². The van der Waals surface area contributed by atoms with E-state index >= 15 is 0 Å². The van der Waals surface area contributed by atoms with Crippen LogP contribution in [0.5, 0.6) is 5.75 Å². The topological polar surface area (TPSA) is 38.3 Å². The molecule has 0 heterocycles. The van der Waals surface area contributed by atoms with Crippen LogP contribution in [0.3, 0.4) is 0 Å². The lowest BCUT2D eigenvalue weighted by atomic mass is 10.1. The van der Waals surface area contributed by atoms with E-state index in [9.17, 15) is 4.79 Å². The number of rotatable bonds is 4. The minimum absolute atomic E-state index is 0.00666. The number of hydrogen-bond donors (Lipinski definition) is 1. The second-order valence-electron chi connectivity index (χ2n) is 5.52. The molecule has 3 heteroatoms. The number of hydrogen-bond acceptors (Lipinski definition) is 2. The Morgan fingerprint density at radius 2 is 2.00 bits per heavy atom. The van der Waals surface area contributed by atoms with Crippen LogP contribution in [0.2, 0.25) is 0 Å². The van der Waals surface area contributed by atoms with E-state index in [4.69, 9.17) is 4.74 Å². The van der Waals surface area contributed by atoms with E-state index in [0.29, 0.717) is 6.04 Å². The van der Waals surface area contributed by atoms with Crippen molar-refractivity contribution in [3.05, 3.63) is 29.3 Å². The molecule has 0 saturated heterocycles. The Hall–Kier alpha value is -1.51.